The number of hydrogen-bond acceptors (Lipinski definition) is 6. The van der Waals surface area contributed by atoms with E-state index in [9.17, 15) is 19.2 Å². The van der Waals surface area contributed by atoms with E-state index in [1.807, 2.05) is 0 Å². The van der Waals surface area contributed by atoms with E-state index in [4.69, 9.17) is 44.3 Å². The number of amides is 3. The van der Waals surface area contributed by atoms with Gasteiger partial charge in [0.25, 0.3) is 17.7 Å². The number of carbonyl (C=O) groups excluding carboxylic acids is 4. The first-order valence-electron chi connectivity index (χ1n) is 9.23. The Morgan fingerprint density at radius 1 is 1.00 bits per heavy atom. The maximum atomic E-state index is 12.5. The van der Waals surface area contributed by atoms with Gasteiger partial charge < -0.3 is 14.8 Å². The van der Waals surface area contributed by atoms with Gasteiger partial charge in [-0.2, -0.15) is 0 Å². The first-order chi connectivity index (χ1) is 15.0. The van der Waals surface area contributed by atoms with E-state index in [2.05, 4.69) is 5.32 Å². The SMILES string of the molecule is COc1cc(Cl)c(C)cc1NC(=O)C(C)OC(=O)CN1C(=O)c2cc(Cl)c(Cl)cc2C1=O. The molecule has 0 saturated heterocycles. The average Bonchev–Trinajstić information content (AvgIpc) is 2.95. The van der Waals surface area contributed by atoms with Crippen LogP contribution in [-0.4, -0.2) is 48.3 Å². The number of methoxy groups -OCH3 is 1. The predicted octanol–water partition coefficient (Wildman–Crippen LogP) is 4.13. The quantitative estimate of drug-likeness (QED) is 0.474. The fraction of sp³-hybridized carbons (Fsp3) is 0.238. The van der Waals surface area contributed by atoms with Crippen LogP contribution in [0.15, 0.2) is 24.3 Å². The van der Waals surface area contributed by atoms with Gasteiger partial charge in [-0.1, -0.05) is 34.8 Å². The zero-order valence-corrected chi connectivity index (χ0v) is 19.4. The van der Waals surface area contributed by atoms with Crippen LogP contribution >= 0.6 is 34.8 Å². The molecule has 1 N–H and O–H groups in total. The Kier molecular flexibility index (Phi) is 6.97. The number of nitrogens with one attached hydrogen (secondary N) is 1. The molecule has 168 valence electrons. The third-order valence-electron chi connectivity index (χ3n) is 4.71. The summed E-state index contributed by atoms with van der Waals surface area (Å²) in [6.45, 7) is 2.43. The fourth-order valence-electron chi connectivity index (χ4n) is 3.01. The van der Waals surface area contributed by atoms with Gasteiger partial charge in [0.15, 0.2) is 6.10 Å². The van der Waals surface area contributed by atoms with Crippen molar-refractivity contribution in [2.45, 2.75) is 20.0 Å². The lowest BCUT2D eigenvalue weighted by Gasteiger charge is -2.18. The van der Waals surface area contributed by atoms with Crippen molar-refractivity contribution in [3.8, 4) is 5.75 Å². The number of anilines is 1. The lowest BCUT2D eigenvalue weighted by Crippen LogP contribution is -2.38. The molecule has 1 aliphatic heterocycles. The smallest absolute Gasteiger partial charge is 0.326 e. The summed E-state index contributed by atoms with van der Waals surface area (Å²) in [5.41, 5.74) is 1.12. The van der Waals surface area contributed by atoms with Crippen LogP contribution in [0.2, 0.25) is 15.1 Å². The Bertz CT molecular complexity index is 1110. The van der Waals surface area contributed by atoms with Gasteiger partial charge in [-0.25, -0.2) is 0 Å². The van der Waals surface area contributed by atoms with Gasteiger partial charge in [0.05, 0.1) is 34.0 Å². The second-order valence-electron chi connectivity index (χ2n) is 6.93. The molecule has 2 aromatic rings. The molecule has 1 atom stereocenters. The Labute approximate surface area is 198 Å². The Hall–Kier alpha value is -2.81. The van der Waals surface area contributed by atoms with Gasteiger partial charge in [-0.05, 0) is 37.6 Å². The number of aryl methyl sites for hydroxylation is 1. The molecule has 0 spiro atoms. The summed E-state index contributed by atoms with van der Waals surface area (Å²) in [5, 5.41) is 3.27. The number of imide groups is 1. The summed E-state index contributed by atoms with van der Waals surface area (Å²) in [6, 6.07) is 5.69. The number of rotatable bonds is 6. The molecule has 0 bridgehead atoms. The van der Waals surface area contributed by atoms with Crippen molar-refractivity contribution in [3.05, 3.63) is 56.0 Å². The number of hydrogen-bond donors (Lipinski definition) is 1. The summed E-state index contributed by atoms with van der Waals surface area (Å²) in [7, 11) is 1.42. The molecule has 0 aliphatic carbocycles. The van der Waals surface area contributed by atoms with E-state index < -0.39 is 36.3 Å². The summed E-state index contributed by atoms with van der Waals surface area (Å²) < 4.78 is 10.3. The minimum absolute atomic E-state index is 0.0354. The van der Waals surface area contributed by atoms with Crippen molar-refractivity contribution in [2.75, 3.05) is 19.0 Å². The molecule has 1 unspecified atom stereocenters. The van der Waals surface area contributed by atoms with Crippen LogP contribution in [0.1, 0.15) is 33.2 Å². The monoisotopic (exact) mass is 498 g/mol. The molecule has 3 amide bonds. The van der Waals surface area contributed by atoms with Crippen LogP contribution in [0.4, 0.5) is 5.69 Å². The predicted molar refractivity (Wildman–Crippen MR) is 119 cm³/mol. The standard InChI is InChI=1S/C21H17Cl3N2O6/c1-9-4-16(17(31-3)7-13(9)22)25-19(28)10(2)32-18(27)8-26-20(29)11-5-14(23)15(24)6-12(11)21(26)30/h4-7,10H,8H2,1-3H3,(H,25,28). The zero-order valence-electron chi connectivity index (χ0n) is 17.1. The van der Waals surface area contributed by atoms with E-state index in [0.717, 1.165) is 0 Å². The highest BCUT2D eigenvalue weighted by Crippen LogP contribution is 2.32. The minimum atomic E-state index is -1.22. The molecule has 2 aromatic carbocycles. The van der Waals surface area contributed by atoms with Gasteiger partial charge in [0, 0.05) is 11.1 Å². The first kappa shape index (κ1) is 23.8. The molecule has 1 heterocycles. The molecular weight excluding hydrogens is 483 g/mol. The molecule has 8 nitrogen and oxygen atoms in total. The van der Waals surface area contributed by atoms with Crippen LogP contribution in [-0.2, 0) is 14.3 Å². The van der Waals surface area contributed by atoms with Gasteiger partial charge in [-0.3, -0.25) is 24.1 Å². The summed E-state index contributed by atoms with van der Waals surface area (Å²) in [4.78, 5) is 50.5. The number of ether oxygens (including phenoxy) is 2. The number of fused-ring (bicyclic) bond motifs is 1. The maximum absolute atomic E-state index is 12.5. The minimum Gasteiger partial charge on any atom is -0.495 e. The number of nitrogens with zero attached hydrogens (tertiary/aromatic N) is 1. The molecule has 0 saturated carbocycles. The van der Waals surface area contributed by atoms with E-state index in [1.165, 1.54) is 26.2 Å². The average molecular weight is 500 g/mol. The van der Waals surface area contributed by atoms with Crippen molar-refractivity contribution in [1.82, 2.24) is 4.90 Å². The second-order valence-corrected chi connectivity index (χ2v) is 8.15. The summed E-state index contributed by atoms with van der Waals surface area (Å²) in [5.74, 6) is -2.67. The van der Waals surface area contributed by atoms with E-state index in [0.29, 0.717) is 26.9 Å². The van der Waals surface area contributed by atoms with E-state index in [-0.39, 0.29) is 21.2 Å². The first-order valence-corrected chi connectivity index (χ1v) is 10.4. The molecule has 0 radical (unpaired) electrons. The number of carbonyl (C=O) groups is 4. The van der Waals surface area contributed by atoms with E-state index in [1.54, 1.807) is 19.1 Å². The van der Waals surface area contributed by atoms with E-state index >= 15 is 0 Å². The van der Waals surface area contributed by atoms with Crippen LogP contribution in [0.25, 0.3) is 0 Å². The Balaban J connectivity index is 1.65. The van der Waals surface area contributed by atoms with Gasteiger partial charge in [0.2, 0.25) is 0 Å². The highest BCUT2D eigenvalue weighted by atomic mass is 35.5. The third-order valence-corrected chi connectivity index (χ3v) is 5.84. The fourth-order valence-corrected chi connectivity index (χ4v) is 3.49. The highest BCUT2D eigenvalue weighted by Gasteiger charge is 2.38. The largest absolute Gasteiger partial charge is 0.495 e. The molecule has 32 heavy (non-hydrogen) atoms. The van der Waals surface area contributed by atoms with Gasteiger partial charge in [-0.15, -0.1) is 0 Å². The van der Waals surface area contributed by atoms with Crippen molar-refractivity contribution >= 4 is 64.2 Å². The molecule has 3 rings (SSSR count). The summed E-state index contributed by atoms with van der Waals surface area (Å²) in [6.07, 6.45) is -1.22. The van der Waals surface area contributed by atoms with Crippen molar-refractivity contribution < 1.29 is 28.7 Å². The van der Waals surface area contributed by atoms with Crippen LogP contribution in [0.5, 0.6) is 5.75 Å². The number of halogens is 3. The van der Waals surface area contributed by atoms with Crippen LogP contribution in [0.3, 0.4) is 0 Å². The maximum Gasteiger partial charge on any atom is 0.326 e. The third kappa shape index (κ3) is 4.67. The van der Waals surface area contributed by atoms with Gasteiger partial charge in [0.1, 0.15) is 12.3 Å². The molecule has 0 aromatic heterocycles. The van der Waals surface area contributed by atoms with Gasteiger partial charge >= 0.3 is 5.97 Å². The molecule has 0 fully saturated rings. The van der Waals surface area contributed by atoms with Crippen molar-refractivity contribution in [2.24, 2.45) is 0 Å². The summed E-state index contributed by atoms with van der Waals surface area (Å²) >= 11 is 17.9. The molecular formula is C21H17Cl3N2O6. The normalized spacial score (nSPS) is 13.6. The van der Waals surface area contributed by atoms with Crippen molar-refractivity contribution in [1.29, 1.82) is 0 Å². The zero-order chi connectivity index (χ0) is 23.7. The van der Waals surface area contributed by atoms with Crippen molar-refractivity contribution in [3.63, 3.8) is 0 Å². The van der Waals surface area contributed by atoms with Crippen LogP contribution < -0.4 is 10.1 Å². The highest BCUT2D eigenvalue weighted by molar-refractivity contribution is 6.43. The molecule has 11 heteroatoms. The number of benzene rings is 2. The number of esters is 1. The Morgan fingerprint density at radius 3 is 2.09 bits per heavy atom. The topological polar surface area (TPSA) is 102 Å². The molecule has 1 aliphatic rings. The second kappa shape index (κ2) is 9.36. The lowest BCUT2D eigenvalue weighted by molar-refractivity contribution is -0.153. The lowest BCUT2D eigenvalue weighted by atomic mass is 10.1. The van der Waals surface area contributed by atoms with Crippen LogP contribution in [0, 0.1) is 6.92 Å². The Morgan fingerprint density at radius 2 is 1.56 bits per heavy atom.